The van der Waals surface area contributed by atoms with E-state index in [2.05, 4.69) is 30.7 Å². The minimum atomic E-state index is -0.586. The van der Waals surface area contributed by atoms with Gasteiger partial charge in [0.15, 0.2) is 29.0 Å². The molecule has 41 heavy (non-hydrogen) atoms. The monoisotopic (exact) mass is 553 g/mol. The first-order valence-electron chi connectivity index (χ1n) is 13.7. The number of aryl methyl sites for hydroxylation is 1. The number of nitrogens with zero attached hydrogens (tertiary/aromatic N) is 1. The van der Waals surface area contributed by atoms with Gasteiger partial charge in [0.1, 0.15) is 11.2 Å². The average Bonchev–Trinajstić information content (AvgIpc) is 2.95. The number of hydrogen-bond donors (Lipinski definition) is 2. The van der Waals surface area contributed by atoms with Crippen LogP contribution in [-0.2, 0) is 4.79 Å². The molecule has 3 aromatic rings. The number of hydrogen-bond acceptors (Lipinski definition) is 5. The highest BCUT2D eigenvalue weighted by molar-refractivity contribution is 5.97. The lowest BCUT2D eigenvalue weighted by atomic mass is 9.91. The van der Waals surface area contributed by atoms with Crippen LogP contribution in [0.5, 0.6) is 11.5 Å². The molecular weight excluding hydrogens is 517 g/mol. The first-order chi connectivity index (χ1) is 19.7. The van der Waals surface area contributed by atoms with Crippen molar-refractivity contribution in [2.24, 2.45) is 0 Å². The number of halogens is 1. The zero-order valence-electron chi connectivity index (χ0n) is 24.3. The van der Waals surface area contributed by atoms with Gasteiger partial charge in [-0.05, 0) is 67.7 Å². The molecule has 4 rings (SSSR count). The van der Waals surface area contributed by atoms with Crippen LogP contribution in [0.1, 0.15) is 50.3 Å². The number of rotatable bonds is 11. The van der Waals surface area contributed by atoms with E-state index >= 15 is 4.39 Å². The molecule has 1 aliphatic heterocycles. The lowest BCUT2D eigenvalue weighted by Crippen LogP contribution is -2.22. The Kier molecular flexibility index (Phi) is 8.77. The van der Waals surface area contributed by atoms with Crippen LogP contribution in [-0.4, -0.2) is 24.4 Å². The largest absolute Gasteiger partial charge is 0.451 e. The van der Waals surface area contributed by atoms with E-state index in [-0.39, 0.29) is 22.3 Å². The zero-order chi connectivity index (χ0) is 29.8. The molecule has 1 aliphatic rings. The summed E-state index contributed by atoms with van der Waals surface area (Å²) in [6.07, 6.45) is 11.7. The predicted molar refractivity (Wildman–Crippen MR) is 168 cm³/mol. The predicted octanol–water partition coefficient (Wildman–Crippen LogP) is 7.61. The fraction of sp³-hybridized carbons (Fsp3) is 0.235. The molecule has 0 spiro atoms. The summed E-state index contributed by atoms with van der Waals surface area (Å²) >= 11 is 0. The molecule has 7 heteroatoms. The molecule has 0 atom stereocenters. The van der Waals surface area contributed by atoms with Crippen LogP contribution < -0.4 is 20.8 Å². The maximum atomic E-state index is 15.3. The maximum absolute atomic E-state index is 15.3. The van der Waals surface area contributed by atoms with Gasteiger partial charge in [-0.2, -0.15) is 0 Å². The molecule has 0 fully saturated rings. The molecule has 0 amide bonds. The summed E-state index contributed by atoms with van der Waals surface area (Å²) in [5.41, 5.74) is 5.26. The molecule has 0 unspecified atom stereocenters. The van der Waals surface area contributed by atoms with Crippen LogP contribution in [0, 0.1) is 12.7 Å². The number of fused-ring (bicyclic) bond motifs is 2. The smallest absolute Gasteiger partial charge is 0.198 e. The molecule has 0 saturated heterocycles. The second kappa shape index (κ2) is 12.3. The van der Waals surface area contributed by atoms with Crippen LogP contribution in [0.25, 0.3) is 27.9 Å². The van der Waals surface area contributed by atoms with Gasteiger partial charge in [-0.25, -0.2) is 4.39 Å². The number of ether oxygens (including phenoxy) is 1. The van der Waals surface area contributed by atoms with E-state index < -0.39 is 5.82 Å². The molecule has 0 aliphatic carbocycles. The summed E-state index contributed by atoms with van der Waals surface area (Å²) in [4.78, 5) is 25.6. The highest BCUT2D eigenvalue weighted by Crippen LogP contribution is 2.46. The molecule has 6 nitrogen and oxygen atoms in total. The van der Waals surface area contributed by atoms with E-state index in [1.54, 1.807) is 19.3 Å². The number of benzene rings is 2. The van der Waals surface area contributed by atoms with Crippen molar-refractivity contribution >= 4 is 34.1 Å². The molecule has 212 valence electrons. The molecule has 0 bridgehead atoms. The van der Waals surface area contributed by atoms with E-state index in [0.717, 1.165) is 30.3 Å². The number of unbranched alkanes of at least 4 members (excludes halogenated alkanes) is 1. The Morgan fingerprint density at radius 3 is 2.49 bits per heavy atom. The van der Waals surface area contributed by atoms with E-state index in [4.69, 9.17) is 4.74 Å². The fourth-order valence-electron chi connectivity index (χ4n) is 5.10. The number of carbonyl (C=O) groups is 1. The Hall–Kier alpha value is -4.65. The third-order valence-corrected chi connectivity index (χ3v) is 7.18. The normalized spacial score (nSPS) is 12.7. The third kappa shape index (κ3) is 5.27. The molecule has 0 radical (unpaired) electrons. The second-order valence-corrected chi connectivity index (χ2v) is 9.91. The summed E-state index contributed by atoms with van der Waals surface area (Å²) in [5.74, 6) is 0.145. The Morgan fingerprint density at radius 1 is 1.12 bits per heavy atom. The minimum Gasteiger partial charge on any atom is -0.451 e. The molecular formula is C34H36FN3O3. The van der Waals surface area contributed by atoms with Gasteiger partial charge in [0, 0.05) is 31.1 Å². The van der Waals surface area contributed by atoms with Crippen molar-refractivity contribution in [3.63, 3.8) is 0 Å². The molecule has 0 saturated carbocycles. The van der Waals surface area contributed by atoms with Gasteiger partial charge in [0.05, 0.1) is 16.6 Å². The standard InChI is InChI=1S/C34H36FN3O3/c1-8-11-14-37-22(6)27-18-38-29-17-25(21(5)24(13-10-3)23(19-39)12-9-2)20(4)15-30(29)41-34-31(36-7)28(35)16-26(32(34)38)33(27)40/h9-10,12-13,15-19,36-37H,5-6,8,11,14H2,1-4,7H3/b12-9-,13-10-,24-23-. The van der Waals surface area contributed by atoms with Crippen molar-refractivity contribution in [1.29, 1.82) is 0 Å². The van der Waals surface area contributed by atoms with E-state index in [9.17, 15) is 9.59 Å². The van der Waals surface area contributed by atoms with E-state index in [1.165, 1.54) is 6.07 Å². The highest BCUT2D eigenvalue weighted by atomic mass is 19.1. The fourth-order valence-corrected chi connectivity index (χ4v) is 5.10. The number of allylic oxidation sites excluding steroid dienone is 7. The summed E-state index contributed by atoms with van der Waals surface area (Å²) in [5, 5.41) is 6.30. The summed E-state index contributed by atoms with van der Waals surface area (Å²) in [6, 6.07) is 5.04. The lowest BCUT2D eigenvalue weighted by molar-refractivity contribution is -0.104. The van der Waals surface area contributed by atoms with Gasteiger partial charge < -0.3 is 19.9 Å². The Labute approximate surface area is 240 Å². The van der Waals surface area contributed by atoms with E-state index in [0.29, 0.717) is 51.5 Å². The first-order valence-corrected chi connectivity index (χ1v) is 13.7. The number of nitrogens with one attached hydrogen (secondary N) is 2. The average molecular weight is 554 g/mol. The van der Waals surface area contributed by atoms with Gasteiger partial charge in [0.25, 0.3) is 0 Å². The van der Waals surface area contributed by atoms with Gasteiger partial charge in [-0.3, -0.25) is 9.59 Å². The Morgan fingerprint density at radius 2 is 1.85 bits per heavy atom. The molecule has 2 heterocycles. The number of aromatic nitrogens is 1. The third-order valence-electron chi connectivity index (χ3n) is 7.18. The minimum absolute atomic E-state index is 0.162. The first kappa shape index (κ1) is 29.3. The van der Waals surface area contributed by atoms with Crippen LogP contribution in [0.15, 0.2) is 77.8 Å². The van der Waals surface area contributed by atoms with Crippen molar-refractivity contribution < 1.29 is 13.9 Å². The quantitative estimate of drug-likeness (QED) is 0.0866. The van der Waals surface area contributed by atoms with Gasteiger partial charge >= 0.3 is 0 Å². The molecule has 2 N–H and O–H groups in total. The Balaban J connectivity index is 2.03. The zero-order valence-corrected chi connectivity index (χ0v) is 24.3. The van der Waals surface area contributed by atoms with Crippen molar-refractivity contribution in [1.82, 2.24) is 9.88 Å². The summed E-state index contributed by atoms with van der Waals surface area (Å²) in [6.45, 7) is 16.9. The number of aldehydes is 1. The Bertz CT molecular complexity index is 1720. The van der Waals surface area contributed by atoms with Crippen molar-refractivity contribution in [2.75, 3.05) is 18.9 Å². The van der Waals surface area contributed by atoms with E-state index in [1.807, 2.05) is 55.7 Å². The number of carbonyl (C=O) groups excluding carboxylic acids is 1. The highest BCUT2D eigenvalue weighted by Gasteiger charge is 2.28. The van der Waals surface area contributed by atoms with Crippen LogP contribution in [0.4, 0.5) is 10.1 Å². The number of anilines is 1. The van der Waals surface area contributed by atoms with Crippen molar-refractivity contribution in [3.8, 4) is 17.2 Å². The summed E-state index contributed by atoms with van der Waals surface area (Å²) in [7, 11) is 1.61. The molecule has 1 aromatic heterocycles. The van der Waals surface area contributed by atoms with Crippen molar-refractivity contribution in [2.45, 2.75) is 40.5 Å². The van der Waals surface area contributed by atoms with Crippen molar-refractivity contribution in [3.05, 3.63) is 106 Å². The van der Waals surface area contributed by atoms with Crippen LogP contribution in [0.2, 0.25) is 0 Å². The van der Waals surface area contributed by atoms with Crippen LogP contribution >= 0.6 is 0 Å². The van der Waals surface area contributed by atoms with Gasteiger partial charge in [0.2, 0.25) is 0 Å². The number of pyridine rings is 1. The van der Waals surface area contributed by atoms with Gasteiger partial charge in [-0.15, -0.1) is 0 Å². The SMILES string of the molecule is C=C(C(/C=C\C)=C(C=O)/C=C\C)c1cc2c(cc1C)Oc1c(NC)c(F)cc3c(=O)c(C(=C)NCCCC)cn-2c13. The van der Waals surface area contributed by atoms with Gasteiger partial charge in [-0.1, -0.05) is 50.8 Å². The topological polar surface area (TPSA) is 72.4 Å². The molecule has 2 aromatic carbocycles. The lowest BCUT2D eigenvalue weighted by Gasteiger charge is -2.27. The van der Waals surface area contributed by atoms with Crippen LogP contribution in [0.3, 0.4) is 0 Å². The second-order valence-electron chi connectivity index (χ2n) is 9.91. The summed E-state index contributed by atoms with van der Waals surface area (Å²) < 4.78 is 23.4. The maximum Gasteiger partial charge on any atom is 0.198 e.